The third-order valence-corrected chi connectivity index (χ3v) is 4.16. The number of hydrogen-bond acceptors (Lipinski definition) is 4. The third kappa shape index (κ3) is 3.81. The quantitative estimate of drug-likeness (QED) is 0.503. The molecule has 3 aromatic rings. The van der Waals surface area contributed by atoms with Crippen LogP contribution in [-0.2, 0) is 0 Å². The van der Waals surface area contributed by atoms with Crippen LogP contribution in [0, 0.1) is 0 Å². The summed E-state index contributed by atoms with van der Waals surface area (Å²) in [6.45, 7) is 2.08. The molecule has 116 valence electrons. The second kappa shape index (κ2) is 7.44. The number of aromatic nitrogens is 3. The zero-order valence-electron chi connectivity index (χ0n) is 12.6. The molecule has 0 spiro atoms. The molecule has 1 aromatic heterocycles. The van der Waals surface area contributed by atoms with Gasteiger partial charge in [-0.2, -0.15) is 9.78 Å². The van der Waals surface area contributed by atoms with Crippen molar-refractivity contribution >= 4 is 29.6 Å². The maximum atomic E-state index is 5.96. The Bertz CT molecular complexity index is 797. The summed E-state index contributed by atoms with van der Waals surface area (Å²) in [6.07, 6.45) is 1.81. The lowest BCUT2D eigenvalue weighted by Crippen LogP contribution is -1.97. The molecule has 0 aliphatic heterocycles. The zero-order valence-corrected chi connectivity index (χ0v) is 14.1. The van der Waals surface area contributed by atoms with Crippen molar-refractivity contribution in [2.24, 2.45) is 5.10 Å². The summed E-state index contributed by atoms with van der Waals surface area (Å²) in [4.78, 5) is 0. The van der Waals surface area contributed by atoms with Crippen LogP contribution in [-0.4, -0.2) is 26.8 Å². The van der Waals surface area contributed by atoms with Crippen molar-refractivity contribution in [3.63, 3.8) is 0 Å². The van der Waals surface area contributed by atoms with Gasteiger partial charge in [-0.05, 0) is 35.6 Å². The summed E-state index contributed by atoms with van der Waals surface area (Å²) in [5.41, 5.74) is 1.95. The summed E-state index contributed by atoms with van der Waals surface area (Å²) in [5, 5.41) is 14.6. The molecule has 0 amide bonds. The molecular formula is C17H15ClN4S. The molecule has 0 aliphatic carbocycles. The van der Waals surface area contributed by atoms with Crippen LogP contribution in [0.25, 0.3) is 11.4 Å². The number of nitrogens with zero attached hydrogens (tertiary/aromatic N) is 4. The smallest absolute Gasteiger partial charge is 0.187 e. The topological polar surface area (TPSA) is 43.1 Å². The highest BCUT2D eigenvalue weighted by Crippen LogP contribution is 2.24. The van der Waals surface area contributed by atoms with Gasteiger partial charge >= 0.3 is 0 Å². The Morgan fingerprint density at radius 1 is 1.09 bits per heavy atom. The Morgan fingerprint density at radius 2 is 1.83 bits per heavy atom. The van der Waals surface area contributed by atoms with Crippen LogP contribution >= 0.6 is 23.4 Å². The summed E-state index contributed by atoms with van der Waals surface area (Å²) >= 11 is 7.56. The number of benzene rings is 2. The molecule has 0 aliphatic rings. The fraction of sp³-hybridized carbons (Fsp3) is 0.118. The molecular weight excluding hydrogens is 328 g/mol. The van der Waals surface area contributed by atoms with Gasteiger partial charge in [0.2, 0.25) is 5.16 Å². The van der Waals surface area contributed by atoms with E-state index in [4.69, 9.17) is 11.6 Å². The van der Waals surface area contributed by atoms with Gasteiger partial charge in [0.1, 0.15) is 0 Å². The monoisotopic (exact) mass is 342 g/mol. The average Bonchev–Trinajstić information content (AvgIpc) is 2.98. The molecule has 2 aromatic carbocycles. The predicted octanol–water partition coefficient (Wildman–Crippen LogP) is 4.59. The van der Waals surface area contributed by atoms with Gasteiger partial charge in [0.05, 0.1) is 6.21 Å². The molecule has 0 bridgehead atoms. The van der Waals surface area contributed by atoms with Gasteiger partial charge in [0.25, 0.3) is 0 Å². The molecule has 0 atom stereocenters. The summed E-state index contributed by atoms with van der Waals surface area (Å²) in [5.74, 6) is 1.60. The van der Waals surface area contributed by atoms with Crippen molar-refractivity contribution in [1.29, 1.82) is 0 Å². The Morgan fingerprint density at radius 3 is 2.52 bits per heavy atom. The van der Waals surface area contributed by atoms with E-state index in [1.54, 1.807) is 16.4 Å². The molecule has 0 N–H and O–H groups in total. The van der Waals surface area contributed by atoms with E-state index in [2.05, 4.69) is 22.2 Å². The standard InChI is InChI=1S/C17H15ClN4S/c1-2-23-17-21-20-16(14-8-10-15(18)11-9-14)22(17)19-12-13-6-4-3-5-7-13/h3-12H,2H2,1H3. The van der Waals surface area contributed by atoms with Crippen LogP contribution in [0.1, 0.15) is 12.5 Å². The van der Waals surface area contributed by atoms with E-state index in [-0.39, 0.29) is 0 Å². The maximum Gasteiger partial charge on any atom is 0.212 e. The molecule has 0 saturated carbocycles. The highest BCUT2D eigenvalue weighted by molar-refractivity contribution is 7.99. The zero-order chi connectivity index (χ0) is 16.1. The highest BCUT2D eigenvalue weighted by Gasteiger charge is 2.13. The first-order valence-electron chi connectivity index (χ1n) is 7.21. The second-order valence-corrected chi connectivity index (χ2v) is 6.38. The minimum Gasteiger partial charge on any atom is -0.187 e. The SMILES string of the molecule is CCSc1nnc(-c2ccc(Cl)cc2)n1N=Cc1ccccc1. The number of rotatable bonds is 5. The van der Waals surface area contributed by atoms with Gasteiger partial charge in [-0.3, -0.25) is 0 Å². The number of hydrogen-bond donors (Lipinski definition) is 0. The first kappa shape index (κ1) is 15.8. The highest BCUT2D eigenvalue weighted by atomic mass is 35.5. The minimum atomic E-state index is 0.691. The lowest BCUT2D eigenvalue weighted by molar-refractivity contribution is 0.773. The summed E-state index contributed by atoms with van der Waals surface area (Å²) < 4.78 is 1.77. The molecule has 4 nitrogen and oxygen atoms in total. The van der Waals surface area contributed by atoms with Gasteiger partial charge < -0.3 is 0 Å². The van der Waals surface area contributed by atoms with Crippen LogP contribution in [0.3, 0.4) is 0 Å². The fourth-order valence-corrected chi connectivity index (χ4v) is 2.77. The van der Waals surface area contributed by atoms with E-state index in [0.717, 1.165) is 22.0 Å². The molecule has 0 saturated heterocycles. The van der Waals surface area contributed by atoms with Crippen molar-refractivity contribution in [2.75, 3.05) is 5.75 Å². The van der Waals surface area contributed by atoms with Crippen LogP contribution in [0.15, 0.2) is 64.9 Å². The van der Waals surface area contributed by atoms with Gasteiger partial charge in [-0.15, -0.1) is 10.2 Å². The van der Waals surface area contributed by atoms with Gasteiger partial charge in [0, 0.05) is 10.6 Å². The van der Waals surface area contributed by atoms with Crippen molar-refractivity contribution in [1.82, 2.24) is 14.9 Å². The largest absolute Gasteiger partial charge is 0.212 e. The van der Waals surface area contributed by atoms with Gasteiger partial charge in [-0.25, -0.2) is 0 Å². The lowest BCUT2D eigenvalue weighted by atomic mass is 10.2. The molecule has 23 heavy (non-hydrogen) atoms. The molecule has 1 heterocycles. The Labute approximate surface area is 144 Å². The van der Waals surface area contributed by atoms with Crippen LogP contribution < -0.4 is 0 Å². The third-order valence-electron chi connectivity index (χ3n) is 3.11. The first-order valence-corrected chi connectivity index (χ1v) is 8.58. The lowest BCUT2D eigenvalue weighted by Gasteiger charge is -2.04. The molecule has 0 fully saturated rings. The van der Waals surface area contributed by atoms with Crippen molar-refractivity contribution in [3.8, 4) is 11.4 Å². The van der Waals surface area contributed by atoms with Gasteiger partial charge in [-0.1, -0.05) is 60.6 Å². The normalized spacial score (nSPS) is 11.2. The van der Waals surface area contributed by atoms with E-state index in [0.29, 0.717) is 10.8 Å². The predicted molar refractivity (Wildman–Crippen MR) is 96.3 cm³/mol. The Balaban J connectivity index is 2.00. The van der Waals surface area contributed by atoms with Crippen molar-refractivity contribution in [3.05, 3.63) is 65.2 Å². The maximum absolute atomic E-state index is 5.96. The summed E-state index contributed by atoms with van der Waals surface area (Å²) in [6, 6.07) is 17.5. The fourth-order valence-electron chi connectivity index (χ4n) is 2.03. The minimum absolute atomic E-state index is 0.691. The van der Waals surface area contributed by atoms with Crippen molar-refractivity contribution < 1.29 is 0 Å². The number of halogens is 1. The second-order valence-electron chi connectivity index (χ2n) is 4.71. The Hall–Kier alpha value is -2.11. The van der Waals surface area contributed by atoms with E-state index >= 15 is 0 Å². The average molecular weight is 343 g/mol. The number of thioether (sulfide) groups is 1. The van der Waals surface area contributed by atoms with E-state index < -0.39 is 0 Å². The van der Waals surface area contributed by atoms with E-state index in [9.17, 15) is 0 Å². The molecule has 0 unspecified atom stereocenters. The molecule has 0 radical (unpaired) electrons. The van der Waals surface area contributed by atoms with E-state index in [1.165, 1.54) is 0 Å². The van der Waals surface area contributed by atoms with Crippen molar-refractivity contribution in [2.45, 2.75) is 12.1 Å². The van der Waals surface area contributed by atoms with Crippen LogP contribution in [0.4, 0.5) is 0 Å². The van der Waals surface area contributed by atoms with Crippen LogP contribution in [0.2, 0.25) is 5.02 Å². The van der Waals surface area contributed by atoms with Gasteiger partial charge in [0.15, 0.2) is 5.82 Å². The Kier molecular flexibility index (Phi) is 5.10. The van der Waals surface area contributed by atoms with Crippen LogP contribution in [0.5, 0.6) is 0 Å². The van der Waals surface area contributed by atoms with E-state index in [1.807, 2.05) is 60.8 Å². The molecule has 6 heteroatoms. The summed E-state index contributed by atoms with van der Waals surface area (Å²) in [7, 11) is 0. The first-order chi connectivity index (χ1) is 11.3. The molecule has 3 rings (SSSR count).